The van der Waals surface area contributed by atoms with Crippen molar-refractivity contribution in [3.63, 3.8) is 0 Å². The van der Waals surface area contributed by atoms with Crippen molar-refractivity contribution in [1.82, 2.24) is 4.98 Å². The van der Waals surface area contributed by atoms with Gasteiger partial charge in [0, 0.05) is 28.6 Å². The minimum atomic E-state index is -4.47. The van der Waals surface area contributed by atoms with Gasteiger partial charge in [0.1, 0.15) is 5.75 Å². The van der Waals surface area contributed by atoms with Crippen LogP contribution in [0, 0.1) is 18.3 Å². The fraction of sp³-hybridized carbons (Fsp3) is 0.500. The summed E-state index contributed by atoms with van der Waals surface area (Å²) in [4.78, 5) is 16.8. The van der Waals surface area contributed by atoms with Gasteiger partial charge in [0.25, 0.3) is 0 Å². The molecule has 1 N–H and O–H groups in total. The molecule has 1 heterocycles. The molecule has 0 radical (unpaired) electrons. The van der Waals surface area contributed by atoms with E-state index in [1.54, 1.807) is 18.3 Å². The highest BCUT2D eigenvalue weighted by Crippen LogP contribution is 2.45. The van der Waals surface area contributed by atoms with Crippen molar-refractivity contribution in [2.45, 2.75) is 58.5 Å². The molecule has 166 valence electrons. The zero-order valence-corrected chi connectivity index (χ0v) is 18.0. The summed E-state index contributed by atoms with van der Waals surface area (Å²) in [7, 11) is 0. The first kappa shape index (κ1) is 21.7. The third-order valence-electron chi connectivity index (χ3n) is 6.35. The lowest BCUT2D eigenvalue weighted by molar-refractivity contribution is -0.138. The molecule has 2 aliphatic rings. The predicted molar refractivity (Wildman–Crippen MR) is 112 cm³/mol. The highest BCUT2D eigenvalue weighted by atomic mass is 19.4. The predicted octanol–water partition coefficient (Wildman–Crippen LogP) is 6.09. The molecule has 1 atom stereocenters. The van der Waals surface area contributed by atoms with Gasteiger partial charge in [-0.1, -0.05) is 13.8 Å². The van der Waals surface area contributed by atoms with E-state index in [1.807, 2.05) is 6.92 Å². The minimum Gasteiger partial charge on any atom is -0.491 e. The molecule has 31 heavy (non-hydrogen) atoms. The van der Waals surface area contributed by atoms with E-state index < -0.39 is 17.7 Å². The number of aromatic nitrogens is 1. The Morgan fingerprint density at radius 1 is 1.26 bits per heavy atom. The Morgan fingerprint density at radius 2 is 1.97 bits per heavy atom. The van der Waals surface area contributed by atoms with Gasteiger partial charge >= 0.3 is 6.18 Å². The highest BCUT2D eigenvalue weighted by molar-refractivity contribution is 5.95. The van der Waals surface area contributed by atoms with Crippen molar-refractivity contribution >= 4 is 11.6 Å². The molecule has 1 amide bonds. The first-order chi connectivity index (χ1) is 14.6. The molecule has 0 spiro atoms. The lowest BCUT2D eigenvalue weighted by Crippen LogP contribution is -2.18. The molecule has 7 heteroatoms. The molecule has 2 saturated carbocycles. The van der Waals surface area contributed by atoms with Crippen LogP contribution in [0.5, 0.6) is 5.75 Å². The van der Waals surface area contributed by atoms with Gasteiger partial charge in [-0.05, 0) is 68.0 Å². The maximum Gasteiger partial charge on any atom is 0.416 e. The Labute approximate surface area is 180 Å². The fourth-order valence-electron chi connectivity index (χ4n) is 3.78. The third-order valence-corrected chi connectivity index (χ3v) is 6.35. The molecule has 0 saturated heterocycles. The third kappa shape index (κ3) is 4.86. The van der Waals surface area contributed by atoms with Gasteiger partial charge < -0.3 is 10.1 Å². The van der Waals surface area contributed by atoms with Crippen LogP contribution in [0.25, 0.3) is 0 Å². The van der Waals surface area contributed by atoms with Gasteiger partial charge in [-0.25, -0.2) is 0 Å². The van der Waals surface area contributed by atoms with Crippen molar-refractivity contribution in [2.75, 3.05) is 11.9 Å². The largest absolute Gasteiger partial charge is 0.491 e. The van der Waals surface area contributed by atoms with Gasteiger partial charge in [-0.15, -0.1) is 0 Å². The average molecular weight is 432 g/mol. The number of nitrogens with zero attached hydrogens (tertiary/aromatic N) is 1. The second-order valence-electron chi connectivity index (χ2n) is 9.20. The van der Waals surface area contributed by atoms with Gasteiger partial charge in [0.05, 0.1) is 18.4 Å². The Morgan fingerprint density at radius 3 is 2.52 bits per heavy atom. The smallest absolute Gasteiger partial charge is 0.416 e. The molecular formula is C24H27F3N2O2. The molecular weight excluding hydrogens is 405 g/mol. The molecule has 0 unspecified atom stereocenters. The van der Waals surface area contributed by atoms with Gasteiger partial charge in [0.2, 0.25) is 5.91 Å². The summed E-state index contributed by atoms with van der Waals surface area (Å²) in [5.74, 6) is 0.0189. The summed E-state index contributed by atoms with van der Waals surface area (Å²) in [6.07, 6.45) is 1.08. The van der Waals surface area contributed by atoms with Crippen molar-refractivity contribution in [3.8, 4) is 5.75 Å². The fourth-order valence-corrected chi connectivity index (χ4v) is 3.78. The number of nitrogens with one attached hydrogen (secondary N) is 1. The summed E-state index contributed by atoms with van der Waals surface area (Å²) in [6.45, 7) is 6.07. The second-order valence-corrected chi connectivity index (χ2v) is 9.20. The molecule has 2 aliphatic carbocycles. The number of carbonyl (C=O) groups is 1. The standard InChI is InChI=1S/C24H27F3N2O2/c1-14-18(24(25,26)27)7-9-20(29-22(30)16-4-5-16)21(14)15(2)19-8-6-17(12-28-19)31-13-23(3)10-11-23/h6-9,12,15-16H,4-5,10-11,13H2,1-3H3,(H,29,30)/t15-/m0/s1. The highest BCUT2D eigenvalue weighted by Gasteiger charge is 2.38. The van der Waals surface area contributed by atoms with E-state index in [9.17, 15) is 18.0 Å². The summed E-state index contributed by atoms with van der Waals surface area (Å²) in [5.41, 5.74) is 1.13. The molecule has 1 aromatic heterocycles. The quantitative estimate of drug-likeness (QED) is 0.576. The number of amides is 1. The Balaban J connectivity index is 1.62. The lowest BCUT2D eigenvalue weighted by Gasteiger charge is -2.23. The average Bonchev–Trinajstić information content (AvgIpc) is 3.62. The summed E-state index contributed by atoms with van der Waals surface area (Å²) in [5, 5.41) is 2.84. The molecule has 4 rings (SSSR count). The van der Waals surface area contributed by atoms with Gasteiger partial charge in [-0.2, -0.15) is 13.2 Å². The SMILES string of the molecule is Cc1c(C(F)(F)F)ccc(NC(=O)C2CC2)c1[C@@H](C)c1ccc(OCC2(C)CC2)cn1. The molecule has 0 aliphatic heterocycles. The number of pyridine rings is 1. The topological polar surface area (TPSA) is 51.2 Å². The number of alkyl halides is 3. The lowest BCUT2D eigenvalue weighted by atomic mass is 9.88. The molecule has 4 nitrogen and oxygen atoms in total. The van der Waals surface area contributed by atoms with Gasteiger partial charge in [-0.3, -0.25) is 9.78 Å². The van der Waals surface area contributed by atoms with E-state index in [1.165, 1.54) is 13.0 Å². The van der Waals surface area contributed by atoms with Crippen LogP contribution in [0.2, 0.25) is 0 Å². The minimum absolute atomic E-state index is 0.0476. The summed E-state index contributed by atoms with van der Waals surface area (Å²) in [6, 6.07) is 5.98. The zero-order chi connectivity index (χ0) is 22.4. The van der Waals surface area contributed by atoms with Crippen LogP contribution in [0.1, 0.15) is 67.8 Å². The van der Waals surface area contributed by atoms with E-state index in [0.717, 1.165) is 31.7 Å². The molecule has 2 fully saturated rings. The Kier molecular flexibility index (Phi) is 5.48. The van der Waals surface area contributed by atoms with E-state index in [2.05, 4.69) is 17.2 Å². The Hall–Kier alpha value is -2.57. The maximum atomic E-state index is 13.5. The number of hydrogen-bond acceptors (Lipinski definition) is 3. The van der Waals surface area contributed by atoms with Crippen molar-refractivity contribution in [3.05, 3.63) is 52.8 Å². The normalized spacial score (nSPS) is 18.4. The first-order valence-electron chi connectivity index (χ1n) is 10.7. The Bertz CT molecular complexity index is 978. The molecule has 0 bridgehead atoms. The van der Waals surface area contributed by atoms with Crippen LogP contribution in [-0.2, 0) is 11.0 Å². The summed E-state index contributed by atoms with van der Waals surface area (Å²) < 4.78 is 46.4. The van der Waals surface area contributed by atoms with Gasteiger partial charge in [0.15, 0.2) is 0 Å². The van der Waals surface area contributed by atoms with Crippen LogP contribution < -0.4 is 10.1 Å². The van der Waals surface area contributed by atoms with Crippen LogP contribution in [-0.4, -0.2) is 17.5 Å². The first-order valence-corrected chi connectivity index (χ1v) is 10.7. The molecule has 2 aromatic rings. The number of hydrogen-bond donors (Lipinski definition) is 1. The van der Waals surface area contributed by atoms with E-state index >= 15 is 0 Å². The summed E-state index contributed by atoms with van der Waals surface area (Å²) >= 11 is 0. The zero-order valence-electron chi connectivity index (χ0n) is 18.0. The van der Waals surface area contributed by atoms with Crippen molar-refractivity contribution in [1.29, 1.82) is 0 Å². The van der Waals surface area contributed by atoms with E-state index in [0.29, 0.717) is 29.3 Å². The van der Waals surface area contributed by atoms with Crippen LogP contribution in [0.15, 0.2) is 30.5 Å². The number of rotatable bonds is 7. The molecule has 1 aromatic carbocycles. The number of ether oxygens (including phenoxy) is 1. The monoisotopic (exact) mass is 432 g/mol. The van der Waals surface area contributed by atoms with E-state index in [-0.39, 0.29) is 22.8 Å². The van der Waals surface area contributed by atoms with Crippen molar-refractivity contribution < 1.29 is 22.7 Å². The number of carbonyl (C=O) groups excluding carboxylic acids is 1. The van der Waals surface area contributed by atoms with Crippen LogP contribution in [0.3, 0.4) is 0 Å². The van der Waals surface area contributed by atoms with Crippen LogP contribution in [0.4, 0.5) is 18.9 Å². The number of benzene rings is 1. The number of halogens is 3. The maximum absolute atomic E-state index is 13.5. The number of anilines is 1. The second kappa shape index (κ2) is 7.84. The van der Waals surface area contributed by atoms with Crippen molar-refractivity contribution in [2.24, 2.45) is 11.3 Å². The van der Waals surface area contributed by atoms with E-state index in [4.69, 9.17) is 4.74 Å². The van der Waals surface area contributed by atoms with Crippen LogP contribution >= 0.6 is 0 Å².